The van der Waals surface area contributed by atoms with Gasteiger partial charge in [-0.1, -0.05) is 18.2 Å². The quantitative estimate of drug-likeness (QED) is 0.326. The number of hydrogen-bond donors (Lipinski definition) is 3. The molecule has 1 aliphatic rings. The van der Waals surface area contributed by atoms with Gasteiger partial charge in [-0.3, -0.25) is 19.8 Å². The number of rotatable bonds is 7. The lowest BCUT2D eigenvalue weighted by Crippen LogP contribution is -2.56. The lowest BCUT2D eigenvalue weighted by molar-refractivity contribution is -0.139. The first-order chi connectivity index (χ1) is 17.2. The number of para-hydroxylation sites is 1. The van der Waals surface area contributed by atoms with Gasteiger partial charge in [0, 0.05) is 42.7 Å². The number of ether oxygens (including phenoxy) is 1. The molecule has 0 unspecified atom stereocenters. The van der Waals surface area contributed by atoms with Gasteiger partial charge < -0.3 is 9.64 Å². The van der Waals surface area contributed by atoms with E-state index < -0.39 is 27.9 Å². The summed E-state index contributed by atoms with van der Waals surface area (Å²) >= 11 is 0. The van der Waals surface area contributed by atoms with Crippen LogP contribution in [-0.4, -0.2) is 54.5 Å². The smallest absolute Gasteiger partial charge is 0.249 e. The Balaban J connectivity index is 1.45. The summed E-state index contributed by atoms with van der Waals surface area (Å²) in [7, 11) is -3.97. The largest absolute Gasteiger partial charge is 0.489 e. The molecule has 1 fully saturated rings. The number of nitrogens with zero attached hydrogens (tertiary/aromatic N) is 2. The summed E-state index contributed by atoms with van der Waals surface area (Å²) in [5.74, 6) is -1.41. The third-order valence-corrected chi connectivity index (χ3v) is 7.78. The highest BCUT2D eigenvalue weighted by atomic mass is 32.2. The van der Waals surface area contributed by atoms with Gasteiger partial charge in [-0.25, -0.2) is 18.6 Å². The topological polar surface area (TPSA) is 138 Å². The number of aromatic nitrogens is 1. The Bertz CT molecular complexity index is 1380. The molecular formula is C25H28N4O6S. The van der Waals surface area contributed by atoms with Crippen LogP contribution in [0.5, 0.6) is 5.75 Å². The van der Waals surface area contributed by atoms with Crippen LogP contribution >= 0.6 is 0 Å². The van der Waals surface area contributed by atoms with Crippen molar-refractivity contribution >= 4 is 32.7 Å². The maximum absolute atomic E-state index is 13.0. The summed E-state index contributed by atoms with van der Waals surface area (Å²) in [6.45, 7) is 3.89. The second kappa shape index (κ2) is 10.6. The predicted octanol–water partition coefficient (Wildman–Crippen LogP) is 2.14. The normalized spacial score (nSPS) is 18.1. The zero-order valence-electron chi connectivity index (χ0n) is 20.0. The molecule has 4 rings (SSSR count). The molecule has 2 amide bonds. The van der Waals surface area contributed by atoms with Crippen LogP contribution in [0, 0.1) is 12.8 Å². The first-order valence-electron chi connectivity index (χ1n) is 11.5. The Morgan fingerprint density at radius 3 is 2.58 bits per heavy atom. The number of fused-ring (bicyclic) bond motifs is 1. The number of hydroxylamine groups is 1. The first-order valence-corrected chi connectivity index (χ1v) is 13.0. The minimum atomic E-state index is -3.97. The Morgan fingerprint density at radius 2 is 1.89 bits per heavy atom. The summed E-state index contributed by atoms with van der Waals surface area (Å²) in [5.41, 5.74) is 4.30. The van der Waals surface area contributed by atoms with Gasteiger partial charge in [0.2, 0.25) is 21.8 Å². The molecule has 3 aromatic rings. The third-order valence-electron chi connectivity index (χ3n) is 6.27. The van der Waals surface area contributed by atoms with E-state index in [9.17, 15) is 18.0 Å². The van der Waals surface area contributed by atoms with E-state index in [0.29, 0.717) is 18.9 Å². The van der Waals surface area contributed by atoms with Gasteiger partial charge >= 0.3 is 0 Å². The predicted molar refractivity (Wildman–Crippen MR) is 132 cm³/mol. The van der Waals surface area contributed by atoms with Crippen LogP contribution in [-0.2, 0) is 26.2 Å². The van der Waals surface area contributed by atoms with E-state index in [4.69, 9.17) is 9.94 Å². The highest BCUT2D eigenvalue weighted by molar-refractivity contribution is 7.89. The summed E-state index contributed by atoms with van der Waals surface area (Å²) in [5, 5.41) is 10.1. The number of piperidine rings is 1. The standard InChI is InChI=1S/C25H28N4O6S/c1-16-13-18(21-5-3-4-6-23(21)26-16)15-35-19-7-9-20(10-8-19)36(33,34)28-24-11-12-29(17(2)30)14-22(24)25(31)27-32/h3-10,13,22,24,28,32H,11-12,14-15H2,1-2H3,(H,27,31)/t22-,24-/m1/s1. The number of carbonyl (C=O) groups excluding carboxylic acids is 2. The highest BCUT2D eigenvalue weighted by Gasteiger charge is 2.37. The van der Waals surface area contributed by atoms with E-state index in [-0.39, 0.29) is 23.8 Å². The van der Waals surface area contributed by atoms with Crippen molar-refractivity contribution in [2.75, 3.05) is 13.1 Å². The van der Waals surface area contributed by atoms with Crippen LogP contribution in [0.4, 0.5) is 0 Å². The SMILES string of the molecule is CC(=O)N1CC[C@@H](NS(=O)(=O)c2ccc(OCc3cc(C)nc4ccccc34)cc2)[C@H](C(=O)NO)C1. The molecule has 2 atom stereocenters. The number of nitrogens with one attached hydrogen (secondary N) is 2. The molecule has 0 saturated carbocycles. The summed E-state index contributed by atoms with van der Waals surface area (Å²) in [6.07, 6.45) is 0.234. The fraction of sp³-hybridized carbons (Fsp3) is 0.320. The fourth-order valence-electron chi connectivity index (χ4n) is 4.39. The fourth-order valence-corrected chi connectivity index (χ4v) is 5.70. The first kappa shape index (κ1) is 25.5. The second-order valence-corrected chi connectivity index (χ2v) is 10.5. The van der Waals surface area contributed by atoms with Crippen molar-refractivity contribution in [2.24, 2.45) is 5.92 Å². The lowest BCUT2D eigenvalue weighted by atomic mass is 9.92. The average Bonchev–Trinajstić information content (AvgIpc) is 2.86. The maximum Gasteiger partial charge on any atom is 0.249 e. The van der Waals surface area contributed by atoms with E-state index >= 15 is 0 Å². The van der Waals surface area contributed by atoms with Crippen LogP contribution in [0.2, 0.25) is 0 Å². The van der Waals surface area contributed by atoms with E-state index in [0.717, 1.165) is 22.2 Å². The van der Waals surface area contributed by atoms with Gasteiger partial charge in [0.05, 0.1) is 16.3 Å². The van der Waals surface area contributed by atoms with E-state index in [1.54, 1.807) is 17.6 Å². The molecule has 1 saturated heterocycles. The van der Waals surface area contributed by atoms with Gasteiger partial charge in [0.1, 0.15) is 12.4 Å². The molecule has 0 spiro atoms. The number of amides is 2. The van der Waals surface area contributed by atoms with Gasteiger partial charge in [-0.15, -0.1) is 0 Å². The number of carbonyl (C=O) groups is 2. The van der Waals surface area contributed by atoms with Crippen molar-refractivity contribution < 1.29 is 28.0 Å². The van der Waals surface area contributed by atoms with Crippen LogP contribution in [0.15, 0.2) is 59.5 Å². The monoisotopic (exact) mass is 512 g/mol. The Kier molecular flexibility index (Phi) is 7.53. The van der Waals surface area contributed by atoms with Gasteiger partial charge in [0.25, 0.3) is 0 Å². The molecule has 0 bridgehead atoms. The zero-order valence-corrected chi connectivity index (χ0v) is 20.8. The summed E-state index contributed by atoms with van der Waals surface area (Å²) in [4.78, 5) is 29.8. The van der Waals surface area contributed by atoms with E-state index in [2.05, 4.69) is 9.71 Å². The van der Waals surface area contributed by atoms with Crippen molar-refractivity contribution in [3.63, 3.8) is 0 Å². The Hall–Kier alpha value is -3.54. The number of likely N-dealkylation sites (tertiary alicyclic amines) is 1. The van der Waals surface area contributed by atoms with Crippen molar-refractivity contribution in [1.82, 2.24) is 20.1 Å². The molecule has 11 heteroatoms. The molecule has 0 aliphatic carbocycles. The van der Waals surface area contributed by atoms with Crippen molar-refractivity contribution in [3.05, 3.63) is 65.9 Å². The van der Waals surface area contributed by atoms with Crippen LogP contribution < -0.4 is 14.9 Å². The summed E-state index contributed by atoms with van der Waals surface area (Å²) in [6, 6.07) is 15.0. The second-order valence-electron chi connectivity index (χ2n) is 8.76. The minimum Gasteiger partial charge on any atom is -0.489 e. The Morgan fingerprint density at radius 1 is 1.17 bits per heavy atom. The maximum atomic E-state index is 13.0. The number of aryl methyl sites for hydroxylation is 1. The zero-order chi connectivity index (χ0) is 25.9. The number of sulfonamides is 1. The van der Waals surface area contributed by atoms with E-state index in [1.807, 2.05) is 37.3 Å². The summed E-state index contributed by atoms with van der Waals surface area (Å²) < 4.78 is 34.5. The van der Waals surface area contributed by atoms with Crippen molar-refractivity contribution in [1.29, 1.82) is 0 Å². The van der Waals surface area contributed by atoms with Crippen molar-refractivity contribution in [3.8, 4) is 5.75 Å². The van der Waals surface area contributed by atoms with Crippen LogP contribution in [0.1, 0.15) is 24.6 Å². The molecular weight excluding hydrogens is 484 g/mol. The molecule has 190 valence electrons. The molecule has 1 aromatic heterocycles. The number of benzene rings is 2. The molecule has 36 heavy (non-hydrogen) atoms. The Labute approximate surface area is 209 Å². The highest BCUT2D eigenvalue weighted by Crippen LogP contribution is 2.24. The van der Waals surface area contributed by atoms with Crippen LogP contribution in [0.25, 0.3) is 10.9 Å². The lowest BCUT2D eigenvalue weighted by Gasteiger charge is -2.37. The molecule has 10 nitrogen and oxygen atoms in total. The molecule has 3 N–H and O–H groups in total. The molecule has 1 aliphatic heterocycles. The average molecular weight is 513 g/mol. The van der Waals surface area contributed by atoms with Gasteiger partial charge in [-0.2, -0.15) is 0 Å². The van der Waals surface area contributed by atoms with Crippen LogP contribution in [0.3, 0.4) is 0 Å². The van der Waals surface area contributed by atoms with E-state index in [1.165, 1.54) is 24.0 Å². The molecule has 2 aromatic carbocycles. The van der Waals surface area contributed by atoms with Crippen molar-refractivity contribution in [2.45, 2.75) is 37.8 Å². The van der Waals surface area contributed by atoms with Gasteiger partial charge in [-0.05, 0) is 49.7 Å². The third kappa shape index (κ3) is 5.64. The molecule has 2 heterocycles. The number of hydrogen-bond acceptors (Lipinski definition) is 7. The van der Waals surface area contributed by atoms with Gasteiger partial charge in [0.15, 0.2) is 0 Å². The minimum absolute atomic E-state index is 0.00482. The molecule has 0 radical (unpaired) electrons. The number of pyridine rings is 1.